The molecule has 5 nitrogen and oxygen atoms in total. The fourth-order valence-electron chi connectivity index (χ4n) is 1.13. The summed E-state index contributed by atoms with van der Waals surface area (Å²) in [5, 5.41) is 3.84. The van der Waals surface area contributed by atoms with Crippen molar-refractivity contribution in [3.63, 3.8) is 0 Å². The molecule has 0 saturated heterocycles. The van der Waals surface area contributed by atoms with E-state index in [1.165, 1.54) is 0 Å². The summed E-state index contributed by atoms with van der Waals surface area (Å²) in [7, 11) is 0. The van der Waals surface area contributed by atoms with Gasteiger partial charge < -0.3 is 10.3 Å². The van der Waals surface area contributed by atoms with Crippen LogP contribution in [0.25, 0.3) is 11.5 Å². The van der Waals surface area contributed by atoms with Gasteiger partial charge in [-0.15, -0.1) is 0 Å². The van der Waals surface area contributed by atoms with Gasteiger partial charge in [-0.1, -0.05) is 5.16 Å². The molecular formula is C10H11BrN4O. The number of hydrogen-bond donors (Lipinski definition) is 1. The maximum absolute atomic E-state index is 5.87. The van der Waals surface area contributed by atoms with Gasteiger partial charge in [0.15, 0.2) is 5.82 Å². The Kier molecular flexibility index (Phi) is 2.77. The molecule has 2 heterocycles. The van der Waals surface area contributed by atoms with E-state index in [-0.39, 0.29) is 0 Å². The first kappa shape index (κ1) is 11.2. The van der Waals surface area contributed by atoms with Crippen LogP contribution in [0.2, 0.25) is 0 Å². The molecule has 84 valence electrons. The summed E-state index contributed by atoms with van der Waals surface area (Å²) in [6.07, 6.45) is 3.35. The smallest absolute Gasteiger partial charge is 0.259 e. The van der Waals surface area contributed by atoms with Gasteiger partial charge >= 0.3 is 0 Å². The highest BCUT2D eigenvalue weighted by Crippen LogP contribution is 2.22. The van der Waals surface area contributed by atoms with Gasteiger partial charge in [-0.05, 0) is 35.8 Å². The summed E-state index contributed by atoms with van der Waals surface area (Å²) in [4.78, 5) is 8.26. The van der Waals surface area contributed by atoms with Crippen molar-refractivity contribution in [2.75, 3.05) is 0 Å². The van der Waals surface area contributed by atoms with E-state index in [0.29, 0.717) is 11.7 Å². The van der Waals surface area contributed by atoms with E-state index in [4.69, 9.17) is 10.3 Å². The molecule has 2 N–H and O–H groups in total. The Morgan fingerprint density at radius 1 is 1.38 bits per heavy atom. The van der Waals surface area contributed by atoms with Crippen molar-refractivity contribution in [3.05, 3.63) is 28.8 Å². The molecule has 0 aliphatic heterocycles. The zero-order chi connectivity index (χ0) is 11.8. The summed E-state index contributed by atoms with van der Waals surface area (Å²) in [6, 6.07) is 1.85. The van der Waals surface area contributed by atoms with Crippen LogP contribution in [0.5, 0.6) is 0 Å². The Bertz CT molecular complexity index is 504. The second-order valence-electron chi connectivity index (χ2n) is 4.04. The van der Waals surface area contributed by atoms with E-state index in [0.717, 1.165) is 10.0 Å². The molecular weight excluding hydrogens is 272 g/mol. The summed E-state index contributed by atoms with van der Waals surface area (Å²) in [6.45, 7) is 3.64. The molecule has 16 heavy (non-hydrogen) atoms. The van der Waals surface area contributed by atoms with Gasteiger partial charge in [0.2, 0.25) is 0 Å². The van der Waals surface area contributed by atoms with Crippen molar-refractivity contribution in [1.82, 2.24) is 15.1 Å². The van der Waals surface area contributed by atoms with Crippen molar-refractivity contribution in [3.8, 4) is 11.5 Å². The van der Waals surface area contributed by atoms with Crippen LogP contribution in [0.3, 0.4) is 0 Å². The highest BCUT2D eigenvalue weighted by atomic mass is 79.9. The first-order valence-corrected chi connectivity index (χ1v) is 5.50. The number of halogens is 1. The highest BCUT2D eigenvalue weighted by molar-refractivity contribution is 9.10. The second kappa shape index (κ2) is 3.95. The Labute approximate surface area is 101 Å². The molecule has 0 aliphatic carbocycles. The normalized spacial score (nSPS) is 11.8. The monoisotopic (exact) mass is 282 g/mol. The lowest BCUT2D eigenvalue weighted by Gasteiger charge is -2.11. The summed E-state index contributed by atoms with van der Waals surface area (Å²) < 4.78 is 5.99. The zero-order valence-corrected chi connectivity index (χ0v) is 10.5. The largest absolute Gasteiger partial charge is 0.334 e. The topological polar surface area (TPSA) is 77.8 Å². The highest BCUT2D eigenvalue weighted by Gasteiger charge is 2.22. The fourth-order valence-corrected chi connectivity index (χ4v) is 1.50. The van der Waals surface area contributed by atoms with Gasteiger partial charge in [0.1, 0.15) is 0 Å². The molecule has 0 atom stereocenters. The van der Waals surface area contributed by atoms with Gasteiger partial charge in [-0.3, -0.25) is 4.98 Å². The minimum absolute atomic E-state index is 0.419. The molecule has 0 aliphatic rings. The standard InChI is InChI=1S/C10H11BrN4O/c1-10(2,12)9-14-8(16-15-9)6-3-7(11)5-13-4-6/h3-5H,12H2,1-2H3. The predicted octanol–water partition coefficient (Wildman–Crippen LogP) is 2.09. The molecule has 0 spiro atoms. The summed E-state index contributed by atoms with van der Waals surface area (Å²) in [5.74, 6) is 0.893. The van der Waals surface area contributed by atoms with Crippen LogP contribution in [-0.4, -0.2) is 15.1 Å². The first-order chi connectivity index (χ1) is 7.47. The number of rotatable bonds is 2. The third-order valence-corrected chi connectivity index (χ3v) is 2.39. The van der Waals surface area contributed by atoms with Crippen LogP contribution >= 0.6 is 15.9 Å². The molecule has 2 aromatic rings. The number of aromatic nitrogens is 3. The quantitative estimate of drug-likeness (QED) is 0.913. The van der Waals surface area contributed by atoms with Crippen LogP contribution in [0.4, 0.5) is 0 Å². The molecule has 0 saturated carbocycles. The van der Waals surface area contributed by atoms with Crippen LogP contribution in [0.1, 0.15) is 19.7 Å². The van der Waals surface area contributed by atoms with Crippen LogP contribution in [0.15, 0.2) is 27.5 Å². The van der Waals surface area contributed by atoms with E-state index in [1.54, 1.807) is 12.4 Å². The lowest BCUT2D eigenvalue weighted by molar-refractivity contribution is 0.397. The number of pyridine rings is 1. The van der Waals surface area contributed by atoms with Crippen molar-refractivity contribution in [2.45, 2.75) is 19.4 Å². The Hall–Kier alpha value is -1.27. The van der Waals surface area contributed by atoms with Crippen LogP contribution < -0.4 is 5.73 Å². The van der Waals surface area contributed by atoms with Gasteiger partial charge in [0, 0.05) is 16.9 Å². The van der Waals surface area contributed by atoms with E-state index in [1.807, 2.05) is 19.9 Å². The van der Waals surface area contributed by atoms with Gasteiger partial charge in [-0.2, -0.15) is 4.98 Å². The van der Waals surface area contributed by atoms with E-state index < -0.39 is 5.54 Å². The molecule has 0 bridgehead atoms. The Morgan fingerprint density at radius 2 is 2.12 bits per heavy atom. The van der Waals surface area contributed by atoms with Crippen molar-refractivity contribution in [2.24, 2.45) is 5.73 Å². The van der Waals surface area contributed by atoms with Crippen molar-refractivity contribution < 1.29 is 4.52 Å². The molecule has 0 radical (unpaired) electrons. The molecule has 0 unspecified atom stereocenters. The van der Waals surface area contributed by atoms with Gasteiger partial charge in [-0.25, -0.2) is 0 Å². The molecule has 2 rings (SSSR count). The van der Waals surface area contributed by atoms with Gasteiger partial charge in [0.25, 0.3) is 5.89 Å². The Morgan fingerprint density at radius 3 is 2.69 bits per heavy atom. The molecule has 6 heteroatoms. The minimum Gasteiger partial charge on any atom is -0.334 e. The fraction of sp³-hybridized carbons (Fsp3) is 0.300. The number of hydrogen-bond acceptors (Lipinski definition) is 5. The zero-order valence-electron chi connectivity index (χ0n) is 8.94. The van der Waals surface area contributed by atoms with Crippen LogP contribution in [0, 0.1) is 0 Å². The van der Waals surface area contributed by atoms with E-state index >= 15 is 0 Å². The van der Waals surface area contributed by atoms with Crippen molar-refractivity contribution >= 4 is 15.9 Å². The maximum Gasteiger partial charge on any atom is 0.259 e. The maximum atomic E-state index is 5.87. The lowest BCUT2D eigenvalue weighted by atomic mass is 10.1. The molecule has 0 aromatic carbocycles. The van der Waals surface area contributed by atoms with Crippen LogP contribution in [-0.2, 0) is 5.54 Å². The average molecular weight is 283 g/mol. The third kappa shape index (κ3) is 2.28. The number of nitrogens with zero attached hydrogens (tertiary/aromatic N) is 3. The van der Waals surface area contributed by atoms with E-state index in [9.17, 15) is 0 Å². The summed E-state index contributed by atoms with van der Waals surface area (Å²) in [5.41, 5.74) is 6.02. The first-order valence-electron chi connectivity index (χ1n) is 4.71. The third-order valence-electron chi connectivity index (χ3n) is 1.95. The van der Waals surface area contributed by atoms with Crippen molar-refractivity contribution in [1.29, 1.82) is 0 Å². The van der Waals surface area contributed by atoms with Gasteiger partial charge in [0.05, 0.1) is 11.1 Å². The second-order valence-corrected chi connectivity index (χ2v) is 4.95. The molecule has 2 aromatic heterocycles. The molecule has 0 amide bonds. The predicted molar refractivity (Wildman–Crippen MR) is 62.4 cm³/mol. The van der Waals surface area contributed by atoms with E-state index in [2.05, 4.69) is 31.1 Å². The summed E-state index contributed by atoms with van der Waals surface area (Å²) >= 11 is 3.33. The average Bonchev–Trinajstić information content (AvgIpc) is 2.65. The minimum atomic E-state index is -0.610. The number of nitrogens with two attached hydrogens (primary N) is 1. The SMILES string of the molecule is CC(C)(N)c1noc(-c2cncc(Br)c2)n1. The Balaban J connectivity index is 2.39. The lowest BCUT2D eigenvalue weighted by Crippen LogP contribution is -2.30. The molecule has 0 fully saturated rings.